The van der Waals surface area contributed by atoms with Gasteiger partial charge in [-0.05, 0) is 56.2 Å². The lowest BCUT2D eigenvalue weighted by atomic mass is 10.0. The molecule has 0 heterocycles. The van der Waals surface area contributed by atoms with E-state index in [4.69, 9.17) is 4.74 Å². The molecule has 0 spiro atoms. The monoisotopic (exact) mass is 390 g/mol. The summed E-state index contributed by atoms with van der Waals surface area (Å²) in [6.45, 7) is 5.36. The molecule has 0 aromatic heterocycles. The molecule has 0 unspecified atom stereocenters. The van der Waals surface area contributed by atoms with Crippen LogP contribution in [0, 0.1) is 13.8 Å². The van der Waals surface area contributed by atoms with Gasteiger partial charge in [-0.25, -0.2) is 13.2 Å². The van der Waals surface area contributed by atoms with E-state index in [1.807, 2.05) is 0 Å². The van der Waals surface area contributed by atoms with Crippen molar-refractivity contribution in [2.24, 2.45) is 0 Å². The molecule has 0 bridgehead atoms. The minimum absolute atomic E-state index is 0.258. The highest BCUT2D eigenvalue weighted by Gasteiger charge is 2.17. The molecule has 1 amide bonds. The number of amides is 1. The number of rotatable bonds is 6. The number of sulfonamides is 1. The molecule has 0 fully saturated rings. The van der Waals surface area contributed by atoms with Gasteiger partial charge < -0.3 is 10.1 Å². The zero-order valence-electron chi connectivity index (χ0n) is 15.6. The Bertz CT molecular complexity index is 984. The third kappa shape index (κ3) is 5.07. The third-order valence-electron chi connectivity index (χ3n) is 3.95. The lowest BCUT2D eigenvalue weighted by molar-refractivity contribution is 0.0525. The Kier molecular flexibility index (Phi) is 6.22. The third-order valence-corrected chi connectivity index (χ3v) is 4.54. The summed E-state index contributed by atoms with van der Waals surface area (Å²) in [5.74, 6) is -0.865. The fourth-order valence-electron chi connectivity index (χ4n) is 2.58. The van der Waals surface area contributed by atoms with Gasteiger partial charge in [-0.2, -0.15) is 0 Å². The van der Waals surface area contributed by atoms with Crippen LogP contribution in [0.1, 0.15) is 38.8 Å². The van der Waals surface area contributed by atoms with Crippen LogP contribution in [0.4, 0.5) is 11.4 Å². The molecule has 0 aliphatic rings. The zero-order chi connectivity index (χ0) is 20.2. The summed E-state index contributed by atoms with van der Waals surface area (Å²) in [4.78, 5) is 24.7. The fourth-order valence-corrected chi connectivity index (χ4v) is 3.20. The van der Waals surface area contributed by atoms with E-state index < -0.39 is 21.9 Å². The van der Waals surface area contributed by atoms with Crippen LogP contribution in [0.15, 0.2) is 36.4 Å². The molecule has 7 nitrogen and oxygen atoms in total. The molecule has 0 saturated heterocycles. The first-order valence-corrected chi connectivity index (χ1v) is 10.2. The first-order valence-electron chi connectivity index (χ1n) is 8.29. The summed E-state index contributed by atoms with van der Waals surface area (Å²) >= 11 is 0. The number of nitrogens with one attached hydrogen (secondary N) is 2. The van der Waals surface area contributed by atoms with E-state index in [0.717, 1.165) is 6.26 Å². The van der Waals surface area contributed by atoms with Crippen molar-refractivity contribution in [3.05, 3.63) is 58.7 Å². The molecule has 27 heavy (non-hydrogen) atoms. The maximum atomic E-state index is 12.7. The van der Waals surface area contributed by atoms with Crippen molar-refractivity contribution in [1.82, 2.24) is 0 Å². The maximum Gasteiger partial charge on any atom is 0.338 e. The Labute approximate surface area is 158 Å². The number of carbonyl (C=O) groups is 2. The molecule has 2 aromatic rings. The van der Waals surface area contributed by atoms with E-state index in [1.165, 1.54) is 0 Å². The van der Waals surface area contributed by atoms with Crippen molar-refractivity contribution in [2.75, 3.05) is 22.9 Å². The highest BCUT2D eigenvalue weighted by molar-refractivity contribution is 7.92. The molecular formula is C19H22N2O5S. The normalized spacial score (nSPS) is 11.0. The lowest BCUT2D eigenvalue weighted by Crippen LogP contribution is -2.17. The van der Waals surface area contributed by atoms with Crippen LogP contribution in [0.25, 0.3) is 0 Å². The van der Waals surface area contributed by atoms with Crippen LogP contribution < -0.4 is 10.0 Å². The van der Waals surface area contributed by atoms with Crippen molar-refractivity contribution in [3.63, 3.8) is 0 Å². The van der Waals surface area contributed by atoms with Crippen LogP contribution in [0.5, 0.6) is 0 Å². The standard InChI is InChI=1S/C19H22N2O5S/c1-5-26-19(23)15-9-7-10-16(13(15)3)20-18(22)14-8-6-11-17(12(14)2)21-27(4,24)25/h6-11,21H,5H2,1-4H3,(H,20,22). The lowest BCUT2D eigenvalue weighted by Gasteiger charge is -2.14. The van der Waals surface area contributed by atoms with Gasteiger partial charge in [0, 0.05) is 11.3 Å². The van der Waals surface area contributed by atoms with E-state index in [-0.39, 0.29) is 6.61 Å². The van der Waals surface area contributed by atoms with Crippen molar-refractivity contribution in [1.29, 1.82) is 0 Å². The van der Waals surface area contributed by atoms with Crippen LogP contribution in [-0.4, -0.2) is 33.2 Å². The molecule has 8 heteroatoms. The molecule has 144 valence electrons. The van der Waals surface area contributed by atoms with Crippen molar-refractivity contribution in [3.8, 4) is 0 Å². The first-order chi connectivity index (χ1) is 12.6. The van der Waals surface area contributed by atoms with Crippen LogP contribution in [0.2, 0.25) is 0 Å². The topological polar surface area (TPSA) is 102 Å². The predicted molar refractivity (Wildman–Crippen MR) is 105 cm³/mol. The molecule has 0 aliphatic heterocycles. The van der Waals surface area contributed by atoms with Crippen molar-refractivity contribution < 1.29 is 22.7 Å². The minimum Gasteiger partial charge on any atom is -0.462 e. The first kappa shape index (κ1) is 20.4. The van der Waals surface area contributed by atoms with Gasteiger partial charge in [0.2, 0.25) is 10.0 Å². The Morgan fingerprint density at radius 1 is 0.963 bits per heavy atom. The highest BCUT2D eigenvalue weighted by Crippen LogP contribution is 2.24. The molecule has 2 N–H and O–H groups in total. The highest BCUT2D eigenvalue weighted by atomic mass is 32.2. The molecule has 0 aliphatic carbocycles. The van der Waals surface area contributed by atoms with E-state index in [1.54, 1.807) is 57.2 Å². The summed E-state index contributed by atoms with van der Waals surface area (Å²) < 4.78 is 30.3. The average molecular weight is 390 g/mol. The van der Waals surface area contributed by atoms with E-state index >= 15 is 0 Å². The summed E-state index contributed by atoms with van der Waals surface area (Å²) in [6, 6.07) is 9.75. The second-order valence-electron chi connectivity index (χ2n) is 6.01. The summed E-state index contributed by atoms with van der Waals surface area (Å²) in [5, 5.41) is 2.77. The molecule has 2 rings (SSSR count). The SMILES string of the molecule is CCOC(=O)c1cccc(NC(=O)c2cccc(NS(C)(=O)=O)c2C)c1C. The van der Waals surface area contributed by atoms with Gasteiger partial charge in [0.1, 0.15) is 0 Å². The van der Waals surface area contributed by atoms with Crippen LogP contribution >= 0.6 is 0 Å². The molecule has 2 aromatic carbocycles. The van der Waals surface area contributed by atoms with Gasteiger partial charge in [0.25, 0.3) is 5.91 Å². The molecule has 0 radical (unpaired) electrons. The van der Waals surface area contributed by atoms with Crippen LogP contribution in [0.3, 0.4) is 0 Å². The number of carbonyl (C=O) groups excluding carboxylic acids is 2. The second kappa shape index (κ2) is 8.22. The van der Waals surface area contributed by atoms with Gasteiger partial charge in [0.05, 0.1) is 24.1 Å². The smallest absolute Gasteiger partial charge is 0.338 e. The van der Waals surface area contributed by atoms with Gasteiger partial charge in [0.15, 0.2) is 0 Å². The van der Waals surface area contributed by atoms with E-state index in [2.05, 4.69) is 10.0 Å². The Hall–Kier alpha value is -2.87. The summed E-state index contributed by atoms with van der Waals surface area (Å²) in [7, 11) is -3.46. The minimum atomic E-state index is -3.46. The average Bonchev–Trinajstić information content (AvgIpc) is 2.57. The maximum absolute atomic E-state index is 12.7. The van der Waals surface area contributed by atoms with Gasteiger partial charge >= 0.3 is 5.97 Å². The summed E-state index contributed by atoms with van der Waals surface area (Å²) in [6.07, 6.45) is 1.05. The Balaban J connectivity index is 2.32. The van der Waals surface area contributed by atoms with E-state index in [9.17, 15) is 18.0 Å². The molecular weight excluding hydrogens is 368 g/mol. The molecule has 0 saturated carbocycles. The van der Waals surface area contributed by atoms with Crippen molar-refractivity contribution in [2.45, 2.75) is 20.8 Å². The van der Waals surface area contributed by atoms with E-state index in [0.29, 0.717) is 33.6 Å². The number of anilines is 2. The van der Waals surface area contributed by atoms with Gasteiger partial charge in [-0.3, -0.25) is 9.52 Å². The summed E-state index contributed by atoms with van der Waals surface area (Å²) in [5.41, 5.74) is 2.60. The quantitative estimate of drug-likeness (QED) is 0.738. The zero-order valence-corrected chi connectivity index (χ0v) is 16.4. The van der Waals surface area contributed by atoms with Gasteiger partial charge in [-0.1, -0.05) is 12.1 Å². The molecule has 0 atom stereocenters. The number of esters is 1. The largest absolute Gasteiger partial charge is 0.462 e. The number of hydrogen-bond donors (Lipinski definition) is 2. The van der Waals surface area contributed by atoms with Crippen LogP contribution in [-0.2, 0) is 14.8 Å². The van der Waals surface area contributed by atoms with Crippen molar-refractivity contribution >= 4 is 33.3 Å². The number of ether oxygens (including phenoxy) is 1. The van der Waals surface area contributed by atoms with Gasteiger partial charge in [-0.15, -0.1) is 0 Å². The Morgan fingerprint density at radius 2 is 1.52 bits per heavy atom. The predicted octanol–water partition coefficient (Wildman–Crippen LogP) is 3.10. The number of benzene rings is 2. The second-order valence-corrected chi connectivity index (χ2v) is 7.75. The number of hydrogen-bond acceptors (Lipinski definition) is 5. The fraction of sp³-hybridized carbons (Fsp3) is 0.263. The Morgan fingerprint density at radius 3 is 2.11 bits per heavy atom.